The fourth-order valence-electron chi connectivity index (χ4n) is 3.67. The largest absolute Gasteiger partial charge is 1.00 e. The van der Waals surface area contributed by atoms with E-state index in [0.717, 1.165) is 17.0 Å². The quantitative estimate of drug-likeness (QED) is 0.191. The SMILES string of the molecule is C[C@@H]([NH3+])C(=O)N[C@H](C)C(=O)NCCc1ccc(NC(=O)CN(Cc2ccccn2)Cc2ccccn2)cc1.[Cl-]. The number of carbonyl (C=O) groups is 3. The molecule has 0 aliphatic carbocycles. The van der Waals surface area contributed by atoms with Crippen LogP contribution in [0, 0.1) is 0 Å². The Morgan fingerprint density at radius 3 is 1.97 bits per heavy atom. The van der Waals surface area contributed by atoms with E-state index in [1.54, 1.807) is 26.2 Å². The maximum absolute atomic E-state index is 12.8. The van der Waals surface area contributed by atoms with Crippen LogP contribution in [-0.2, 0) is 33.9 Å². The molecule has 0 fully saturated rings. The van der Waals surface area contributed by atoms with E-state index in [4.69, 9.17) is 0 Å². The Morgan fingerprint density at radius 1 is 0.872 bits per heavy atom. The van der Waals surface area contributed by atoms with E-state index in [9.17, 15) is 14.4 Å². The van der Waals surface area contributed by atoms with Gasteiger partial charge in [-0.05, 0) is 62.2 Å². The van der Waals surface area contributed by atoms with E-state index in [-0.39, 0.29) is 36.7 Å². The van der Waals surface area contributed by atoms with Crippen LogP contribution in [0.25, 0.3) is 0 Å². The summed E-state index contributed by atoms with van der Waals surface area (Å²) >= 11 is 0. The van der Waals surface area contributed by atoms with E-state index in [2.05, 4.69) is 31.7 Å². The number of rotatable bonds is 13. The number of amides is 3. The van der Waals surface area contributed by atoms with E-state index in [0.29, 0.717) is 31.7 Å². The summed E-state index contributed by atoms with van der Waals surface area (Å²) in [6, 6.07) is 17.9. The third-order valence-electron chi connectivity index (χ3n) is 5.74. The summed E-state index contributed by atoms with van der Waals surface area (Å²) < 4.78 is 0. The highest BCUT2D eigenvalue weighted by Crippen LogP contribution is 2.12. The molecule has 2 atom stereocenters. The van der Waals surface area contributed by atoms with Crippen molar-refractivity contribution in [2.45, 2.75) is 45.4 Å². The smallest absolute Gasteiger partial charge is 0.278 e. The molecule has 0 saturated carbocycles. The minimum Gasteiger partial charge on any atom is -1.00 e. The van der Waals surface area contributed by atoms with E-state index < -0.39 is 12.1 Å². The summed E-state index contributed by atoms with van der Waals surface area (Å²) in [5.74, 6) is -0.643. The standard InChI is InChI=1S/C28H35N7O3.ClH/c1-20(29)27(37)33-21(2)28(38)32-16-13-22-9-11-23(12-10-22)34-26(36)19-35(17-24-7-3-5-14-30-24)18-25-8-4-6-15-31-25;/h3-12,14-15,20-21H,13,16-19,29H2,1-2H3,(H,32,38)(H,33,37)(H,34,36);1H/t20-,21-;/m1./s1. The van der Waals surface area contributed by atoms with Gasteiger partial charge >= 0.3 is 0 Å². The lowest BCUT2D eigenvalue weighted by Gasteiger charge is -2.21. The van der Waals surface area contributed by atoms with Crippen molar-refractivity contribution in [3.8, 4) is 0 Å². The summed E-state index contributed by atoms with van der Waals surface area (Å²) in [5, 5.41) is 8.40. The van der Waals surface area contributed by atoms with Gasteiger partial charge in [-0.3, -0.25) is 29.3 Å². The van der Waals surface area contributed by atoms with Crippen molar-refractivity contribution in [3.63, 3.8) is 0 Å². The fraction of sp³-hybridized carbons (Fsp3) is 0.321. The fourth-order valence-corrected chi connectivity index (χ4v) is 3.67. The molecule has 0 saturated heterocycles. The van der Waals surface area contributed by atoms with Crippen LogP contribution in [0.1, 0.15) is 30.8 Å². The van der Waals surface area contributed by atoms with Gasteiger partial charge in [0.05, 0.1) is 17.9 Å². The molecule has 0 aliphatic rings. The van der Waals surface area contributed by atoms with Gasteiger partial charge in [0.2, 0.25) is 11.8 Å². The highest BCUT2D eigenvalue weighted by Gasteiger charge is 2.19. The molecule has 3 rings (SSSR count). The molecule has 1 aromatic carbocycles. The molecule has 0 radical (unpaired) electrons. The van der Waals surface area contributed by atoms with Gasteiger partial charge < -0.3 is 34.1 Å². The number of nitrogens with one attached hydrogen (secondary N) is 3. The average Bonchev–Trinajstić information content (AvgIpc) is 2.90. The number of hydrogen-bond donors (Lipinski definition) is 4. The lowest BCUT2D eigenvalue weighted by molar-refractivity contribution is -0.398. The zero-order valence-corrected chi connectivity index (χ0v) is 23.0. The number of benzene rings is 1. The number of nitrogens with zero attached hydrogens (tertiary/aromatic N) is 3. The molecule has 3 amide bonds. The number of halogens is 1. The van der Waals surface area contributed by atoms with Crippen molar-refractivity contribution in [2.75, 3.05) is 18.4 Å². The maximum Gasteiger partial charge on any atom is 0.278 e. The zero-order chi connectivity index (χ0) is 27.3. The summed E-state index contributed by atoms with van der Waals surface area (Å²) in [5.41, 5.74) is 7.10. The third kappa shape index (κ3) is 11.2. The normalized spacial score (nSPS) is 12.1. The van der Waals surface area contributed by atoms with Crippen LogP contribution in [0.15, 0.2) is 73.1 Å². The Labute approximate surface area is 235 Å². The van der Waals surface area contributed by atoms with Crippen molar-refractivity contribution in [3.05, 3.63) is 90.0 Å². The number of aromatic nitrogens is 2. The van der Waals surface area contributed by atoms with E-state index in [1.165, 1.54) is 0 Å². The molecule has 208 valence electrons. The van der Waals surface area contributed by atoms with Gasteiger partial charge in [0.25, 0.3) is 5.91 Å². The Kier molecular flexibility index (Phi) is 13.0. The van der Waals surface area contributed by atoms with Gasteiger partial charge in [-0.15, -0.1) is 0 Å². The van der Waals surface area contributed by atoms with Crippen LogP contribution in [0.2, 0.25) is 0 Å². The van der Waals surface area contributed by atoms with Crippen LogP contribution < -0.4 is 34.1 Å². The molecule has 11 heteroatoms. The summed E-state index contributed by atoms with van der Waals surface area (Å²) in [6.45, 7) is 4.97. The van der Waals surface area contributed by atoms with Crippen molar-refractivity contribution in [1.29, 1.82) is 0 Å². The van der Waals surface area contributed by atoms with Crippen LogP contribution in [0.3, 0.4) is 0 Å². The average molecular weight is 554 g/mol. The number of pyridine rings is 2. The summed E-state index contributed by atoms with van der Waals surface area (Å²) in [7, 11) is 0. The number of anilines is 1. The first-order valence-corrected chi connectivity index (χ1v) is 12.6. The minimum atomic E-state index is -0.626. The van der Waals surface area contributed by atoms with Crippen molar-refractivity contribution >= 4 is 23.4 Å². The van der Waals surface area contributed by atoms with Gasteiger partial charge in [0.15, 0.2) is 6.04 Å². The molecule has 2 heterocycles. The van der Waals surface area contributed by atoms with Crippen LogP contribution in [0.4, 0.5) is 5.69 Å². The van der Waals surface area contributed by atoms with Crippen LogP contribution >= 0.6 is 0 Å². The Bertz CT molecular complexity index is 1140. The van der Waals surface area contributed by atoms with Crippen molar-refractivity contribution in [1.82, 2.24) is 25.5 Å². The number of hydrogen-bond acceptors (Lipinski definition) is 6. The Hall–Kier alpha value is -3.86. The highest BCUT2D eigenvalue weighted by atomic mass is 35.5. The second-order valence-electron chi connectivity index (χ2n) is 9.20. The number of quaternary nitrogens is 1. The van der Waals surface area contributed by atoms with E-state index in [1.807, 2.05) is 65.6 Å². The van der Waals surface area contributed by atoms with Crippen molar-refractivity contribution < 1.29 is 32.5 Å². The lowest BCUT2D eigenvalue weighted by atomic mass is 10.1. The molecular weight excluding hydrogens is 518 g/mol. The van der Waals surface area contributed by atoms with Crippen molar-refractivity contribution in [2.24, 2.45) is 0 Å². The van der Waals surface area contributed by atoms with Gasteiger partial charge in [-0.25, -0.2) is 0 Å². The molecule has 39 heavy (non-hydrogen) atoms. The Balaban J connectivity index is 0.00000533. The first-order chi connectivity index (χ1) is 18.3. The molecule has 6 N–H and O–H groups in total. The summed E-state index contributed by atoms with van der Waals surface area (Å²) in [4.78, 5) is 47.5. The number of carbonyl (C=O) groups excluding carboxylic acids is 3. The molecule has 10 nitrogen and oxygen atoms in total. The monoisotopic (exact) mass is 553 g/mol. The molecule has 0 spiro atoms. The third-order valence-corrected chi connectivity index (χ3v) is 5.74. The first kappa shape index (κ1) is 31.4. The maximum atomic E-state index is 12.8. The van der Waals surface area contributed by atoms with Crippen LogP contribution in [0.5, 0.6) is 0 Å². The zero-order valence-electron chi connectivity index (χ0n) is 22.3. The molecular formula is C28H36ClN7O3. The predicted octanol–water partition coefficient (Wildman–Crippen LogP) is -2.08. The molecule has 0 bridgehead atoms. The molecule has 0 aliphatic heterocycles. The second-order valence-corrected chi connectivity index (χ2v) is 9.20. The van der Waals surface area contributed by atoms with Gasteiger partial charge in [0, 0.05) is 37.7 Å². The molecule has 3 aromatic rings. The lowest BCUT2D eigenvalue weighted by Crippen LogP contribution is -3.00. The topological polar surface area (TPSA) is 144 Å². The summed E-state index contributed by atoms with van der Waals surface area (Å²) in [6.07, 6.45) is 4.10. The highest BCUT2D eigenvalue weighted by molar-refractivity contribution is 5.92. The second kappa shape index (κ2) is 16.2. The van der Waals surface area contributed by atoms with Gasteiger partial charge in [-0.2, -0.15) is 0 Å². The minimum absolute atomic E-state index is 0. The van der Waals surface area contributed by atoms with Gasteiger partial charge in [-0.1, -0.05) is 24.3 Å². The van der Waals surface area contributed by atoms with E-state index >= 15 is 0 Å². The first-order valence-electron chi connectivity index (χ1n) is 12.6. The predicted molar refractivity (Wildman–Crippen MR) is 144 cm³/mol. The molecule has 2 aromatic heterocycles. The van der Waals surface area contributed by atoms with Gasteiger partial charge in [0.1, 0.15) is 6.04 Å². The molecule has 0 unspecified atom stereocenters. The Morgan fingerprint density at radius 2 is 1.46 bits per heavy atom. The van der Waals surface area contributed by atoms with Crippen LogP contribution in [-0.4, -0.2) is 57.8 Å².